The molecule has 0 atom stereocenters. The Morgan fingerprint density at radius 3 is 2.43 bits per heavy atom. The molecule has 1 nitrogen and oxygen atoms in total. The van der Waals surface area contributed by atoms with E-state index in [1.54, 1.807) is 0 Å². The van der Waals surface area contributed by atoms with Gasteiger partial charge in [-0.25, -0.2) is 0 Å². The van der Waals surface area contributed by atoms with Crippen LogP contribution in [0.5, 0.6) is 0 Å². The summed E-state index contributed by atoms with van der Waals surface area (Å²) < 4.78 is 11.7. The molecule has 0 aromatic rings. The van der Waals surface area contributed by atoms with E-state index in [0.717, 1.165) is 12.2 Å². The minimum Gasteiger partial charge on any atom is -0.179 e. The van der Waals surface area contributed by atoms with Gasteiger partial charge in [0, 0.05) is 13.6 Å². The molecule has 0 bridgehead atoms. The Morgan fingerprint density at radius 1 is 1.71 bits per heavy atom. The van der Waals surface area contributed by atoms with Gasteiger partial charge in [-0.2, -0.15) is 12.6 Å². The first-order chi connectivity index (χ1) is 3.27. The zero-order valence-electron chi connectivity index (χ0n) is 4.39. The summed E-state index contributed by atoms with van der Waals surface area (Å²) in [4.78, 5) is 0. The third-order valence-corrected chi connectivity index (χ3v) is 0.941. The van der Waals surface area contributed by atoms with Crippen LogP contribution in [-0.4, -0.2) is 24.5 Å². The molecule has 0 rings (SSSR count). The molecule has 0 aliphatic heterocycles. The Hall–Kier alpha value is 0.240. The van der Waals surface area contributed by atoms with Gasteiger partial charge in [-0.05, 0) is 12.2 Å². The molecule has 0 spiro atoms. The van der Waals surface area contributed by atoms with Gasteiger partial charge in [0.25, 0.3) is 0 Å². The molecule has 0 aromatic heterocycles. The Morgan fingerprint density at radius 2 is 2.29 bits per heavy atom. The monoisotopic (exact) mass is 123 g/mol. The second-order valence-corrected chi connectivity index (χ2v) is 1.85. The van der Waals surface area contributed by atoms with Crippen molar-refractivity contribution in [3.63, 3.8) is 0 Å². The Kier molecular flexibility index (Phi) is 4.55. The van der Waals surface area contributed by atoms with E-state index in [2.05, 4.69) is 12.6 Å². The fourth-order valence-electron chi connectivity index (χ4n) is 0.289. The van der Waals surface area contributed by atoms with E-state index in [1.807, 2.05) is 0 Å². The van der Waals surface area contributed by atoms with E-state index in [9.17, 15) is 4.48 Å². The van der Waals surface area contributed by atoms with Crippen molar-refractivity contribution in [3.8, 4) is 0 Å². The predicted octanol–water partition coefficient (Wildman–Crippen LogP) is 1.12. The lowest BCUT2D eigenvalue weighted by atomic mass is 10.5. The van der Waals surface area contributed by atoms with Crippen molar-refractivity contribution in [3.05, 3.63) is 0 Å². The van der Waals surface area contributed by atoms with E-state index in [-0.39, 0.29) is 0 Å². The van der Waals surface area contributed by atoms with Gasteiger partial charge in [0.15, 0.2) is 0 Å². The van der Waals surface area contributed by atoms with Gasteiger partial charge < -0.3 is 0 Å². The molecular formula is C4H10FNS. The Labute approximate surface area is 48.8 Å². The topological polar surface area (TPSA) is 3.24 Å². The molecule has 0 aliphatic rings. The van der Waals surface area contributed by atoms with Crippen LogP contribution >= 0.6 is 12.6 Å². The fraction of sp³-hybridized carbons (Fsp3) is 1.00. The van der Waals surface area contributed by atoms with Gasteiger partial charge in [0.1, 0.15) is 0 Å². The van der Waals surface area contributed by atoms with Crippen LogP contribution in [0.2, 0.25) is 0 Å². The molecule has 0 unspecified atom stereocenters. The summed E-state index contributed by atoms with van der Waals surface area (Å²) in [7, 11) is 1.41. The van der Waals surface area contributed by atoms with Crippen LogP contribution in [0.15, 0.2) is 0 Å². The number of thiol groups is 1. The zero-order chi connectivity index (χ0) is 5.70. The van der Waals surface area contributed by atoms with Gasteiger partial charge in [-0.15, -0.1) is 9.60 Å². The SMILES string of the molecule is CN(F)CCCS. The molecule has 0 saturated heterocycles. The van der Waals surface area contributed by atoms with Crippen LogP contribution in [0.25, 0.3) is 0 Å². The van der Waals surface area contributed by atoms with Gasteiger partial charge in [-0.3, -0.25) is 0 Å². The normalized spacial score (nSPS) is 10.3. The predicted molar refractivity (Wildman–Crippen MR) is 32.2 cm³/mol. The van der Waals surface area contributed by atoms with Crippen molar-refractivity contribution in [2.75, 3.05) is 19.3 Å². The fourth-order valence-corrected chi connectivity index (χ4v) is 0.430. The first-order valence-corrected chi connectivity index (χ1v) is 2.88. The smallest absolute Gasteiger partial charge is 0.0295 e. The van der Waals surface area contributed by atoms with E-state index in [0.29, 0.717) is 11.7 Å². The summed E-state index contributed by atoms with van der Waals surface area (Å²) in [6, 6.07) is 0. The van der Waals surface area contributed by atoms with Crippen LogP contribution in [-0.2, 0) is 0 Å². The molecular weight excluding hydrogens is 113 g/mol. The minimum absolute atomic E-state index is 0.490. The Bertz CT molecular complexity index is 40.7. The van der Waals surface area contributed by atoms with E-state index < -0.39 is 0 Å². The van der Waals surface area contributed by atoms with Gasteiger partial charge >= 0.3 is 0 Å². The number of halogens is 1. The third-order valence-electron chi connectivity index (χ3n) is 0.624. The number of hydrogen-bond acceptors (Lipinski definition) is 2. The van der Waals surface area contributed by atoms with Crippen LogP contribution in [0, 0.1) is 0 Å². The summed E-state index contributed by atoms with van der Waals surface area (Å²) in [5.74, 6) is 0.758. The maximum absolute atomic E-state index is 11.7. The molecule has 0 amide bonds. The summed E-state index contributed by atoms with van der Waals surface area (Å²) >= 11 is 3.90. The molecule has 3 heteroatoms. The summed E-state index contributed by atoms with van der Waals surface area (Å²) in [5.41, 5.74) is 0. The van der Waals surface area contributed by atoms with Crippen molar-refractivity contribution >= 4 is 12.6 Å². The molecule has 0 fully saturated rings. The number of rotatable bonds is 3. The first-order valence-electron chi connectivity index (χ1n) is 2.25. The van der Waals surface area contributed by atoms with Crippen LogP contribution in [0.1, 0.15) is 6.42 Å². The lowest BCUT2D eigenvalue weighted by Crippen LogP contribution is -2.07. The van der Waals surface area contributed by atoms with E-state index in [1.165, 1.54) is 7.05 Å². The van der Waals surface area contributed by atoms with Gasteiger partial charge in [0.05, 0.1) is 0 Å². The van der Waals surface area contributed by atoms with Crippen LogP contribution < -0.4 is 0 Å². The number of hydrogen-bond donors (Lipinski definition) is 1. The van der Waals surface area contributed by atoms with Crippen molar-refractivity contribution < 1.29 is 4.48 Å². The highest BCUT2D eigenvalue weighted by Crippen LogP contribution is 1.87. The highest BCUT2D eigenvalue weighted by molar-refractivity contribution is 7.80. The molecule has 0 aromatic carbocycles. The van der Waals surface area contributed by atoms with Crippen molar-refractivity contribution in [1.29, 1.82) is 0 Å². The molecule has 0 aliphatic carbocycles. The largest absolute Gasteiger partial charge is 0.179 e. The van der Waals surface area contributed by atoms with Crippen molar-refractivity contribution in [1.82, 2.24) is 5.12 Å². The highest BCUT2D eigenvalue weighted by Gasteiger charge is 1.88. The van der Waals surface area contributed by atoms with Crippen LogP contribution in [0.3, 0.4) is 0 Å². The standard InChI is InChI=1S/C4H10FNS/c1-6(5)3-2-4-7/h7H,2-4H2,1H3. The summed E-state index contributed by atoms with van der Waals surface area (Å²) in [5, 5.41) is 0.663. The molecule has 44 valence electrons. The lowest BCUT2D eigenvalue weighted by molar-refractivity contribution is 0.0609. The average Bonchev–Trinajstić information content (AvgIpc) is 1.61. The first kappa shape index (κ1) is 7.24. The second kappa shape index (κ2) is 4.40. The summed E-state index contributed by atoms with van der Waals surface area (Å²) in [6.07, 6.45) is 0.816. The Balaban J connectivity index is 2.68. The molecule has 0 N–H and O–H groups in total. The van der Waals surface area contributed by atoms with Crippen LogP contribution in [0.4, 0.5) is 4.48 Å². The minimum atomic E-state index is 0.490. The van der Waals surface area contributed by atoms with Crippen molar-refractivity contribution in [2.24, 2.45) is 0 Å². The van der Waals surface area contributed by atoms with Crippen molar-refractivity contribution in [2.45, 2.75) is 6.42 Å². The summed E-state index contributed by atoms with van der Waals surface area (Å²) in [6.45, 7) is 0.490. The van der Waals surface area contributed by atoms with E-state index in [4.69, 9.17) is 0 Å². The molecule has 0 saturated carbocycles. The second-order valence-electron chi connectivity index (χ2n) is 1.41. The quantitative estimate of drug-likeness (QED) is 0.435. The maximum atomic E-state index is 11.7. The number of nitrogens with zero attached hydrogens (tertiary/aromatic N) is 1. The zero-order valence-corrected chi connectivity index (χ0v) is 5.29. The van der Waals surface area contributed by atoms with Gasteiger partial charge in [-0.1, -0.05) is 0 Å². The van der Waals surface area contributed by atoms with Gasteiger partial charge in [0.2, 0.25) is 0 Å². The molecule has 0 heterocycles. The average molecular weight is 123 g/mol. The highest BCUT2D eigenvalue weighted by atomic mass is 32.1. The molecule has 7 heavy (non-hydrogen) atoms. The lowest BCUT2D eigenvalue weighted by Gasteiger charge is -1.99. The molecule has 0 radical (unpaired) electrons. The maximum Gasteiger partial charge on any atom is 0.0295 e. The third kappa shape index (κ3) is 6.24. The van der Waals surface area contributed by atoms with E-state index >= 15 is 0 Å².